The van der Waals surface area contributed by atoms with Gasteiger partial charge in [0, 0.05) is 23.3 Å². The molecule has 0 aliphatic rings. The molecule has 5 nitrogen and oxygen atoms in total. The maximum Gasteiger partial charge on any atom is 0.142 e. The molecule has 0 aliphatic carbocycles. The third-order valence-electron chi connectivity index (χ3n) is 2.13. The Bertz CT molecular complexity index is 520. The number of H-pyrrole nitrogens is 1. The van der Waals surface area contributed by atoms with Crippen LogP contribution in [-0.2, 0) is 0 Å². The number of aromatic amines is 1. The molecule has 3 aromatic rings. The average Bonchev–Trinajstić information content (AvgIpc) is 3.03. The molecule has 3 rings (SSSR count). The highest BCUT2D eigenvalue weighted by molar-refractivity contribution is 7.13. The highest BCUT2D eigenvalue weighted by atomic mass is 32.1. The predicted octanol–water partition coefficient (Wildman–Crippen LogP) is 1.99. The molecule has 0 fully saturated rings. The van der Waals surface area contributed by atoms with Crippen molar-refractivity contribution < 1.29 is 0 Å². The number of thiazole rings is 1. The summed E-state index contributed by atoms with van der Waals surface area (Å²) in [5, 5.41) is 13.3. The lowest BCUT2D eigenvalue weighted by Gasteiger charge is -2.01. The van der Waals surface area contributed by atoms with E-state index in [0.717, 1.165) is 22.0 Å². The SMILES string of the molecule is c1cnc(-c2nccs2)c(-c2cn[nH]n2)c1. The molecule has 0 saturated heterocycles. The first-order valence-electron chi connectivity index (χ1n) is 4.66. The lowest BCUT2D eigenvalue weighted by molar-refractivity contribution is 0.942. The summed E-state index contributed by atoms with van der Waals surface area (Å²) in [5.74, 6) is 0. The van der Waals surface area contributed by atoms with Crippen molar-refractivity contribution in [2.24, 2.45) is 0 Å². The van der Waals surface area contributed by atoms with Gasteiger partial charge in [0.05, 0.1) is 6.20 Å². The van der Waals surface area contributed by atoms with Gasteiger partial charge in [-0.05, 0) is 12.1 Å². The van der Waals surface area contributed by atoms with Gasteiger partial charge in [0.1, 0.15) is 16.4 Å². The van der Waals surface area contributed by atoms with Gasteiger partial charge in [0.15, 0.2) is 0 Å². The predicted molar refractivity (Wildman–Crippen MR) is 60.7 cm³/mol. The van der Waals surface area contributed by atoms with Gasteiger partial charge >= 0.3 is 0 Å². The van der Waals surface area contributed by atoms with Gasteiger partial charge in [-0.15, -0.1) is 11.3 Å². The second-order valence-corrected chi connectivity index (χ2v) is 3.99. The molecule has 0 radical (unpaired) electrons. The molecule has 3 aromatic heterocycles. The number of hydrogen-bond donors (Lipinski definition) is 1. The zero-order valence-electron chi connectivity index (χ0n) is 8.16. The van der Waals surface area contributed by atoms with E-state index in [4.69, 9.17) is 0 Å². The number of pyridine rings is 1. The fourth-order valence-electron chi connectivity index (χ4n) is 1.45. The van der Waals surface area contributed by atoms with Crippen LogP contribution in [-0.4, -0.2) is 25.4 Å². The zero-order valence-corrected chi connectivity index (χ0v) is 8.98. The van der Waals surface area contributed by atoms with Gasteiger partial charge < -0.3 is 0 Å². The van der Waals surface area contributed by atoms with Crippen LogP contribution in [0.2, 0.25) is 0 Å². The first kappa shape index (κ1) is 9.17. The van der Waals surface area contributed by atoms with E-state index in [-0.39, 0.29) is 0 Å². The van der Waals surface area contributed by atoms with Gasteiger partial charge in [-0.3, -0.25) is 4.98 Å². The molecule has 0 aliphatic heterocycles. The molecule has 0 bridgehead atoms. The van der Waals surface area contributed by atoms with Crippen LogP contribution >= 0.6 is 11.3 Å². The molecule has 6 heteroatoms. The molecule has 0 saturated carbocycles. The summed E-state index contributed by atoms with van der Waals surface area (Å²) in [5.41, 5.74) is 2.55. The molecular formula is C10H7N5S. The summed E-state index contributed by atoms with van der Waals surface area (Å²) >= 11 is 1.56. The lowest BCUT2D eigenvalue weighted by Crippen LogP contribution is -1.88. The first-order chi connectivity index (χ1) is 7.95. The standard InChI is InChI=1S/C10H7N5S/c1-2-7(8-6-13-15-14-8)9(11-3-1)10-12-4-5-16-10/h1-6H,(H,13,14,15). The van der Waals surface area contributed by atoms with E-state index in [9.17, 15) is 0 Å². The summed E-state index contributed by atoms with van der Waals surface area (Å²) in [6.07, 6.45) is 5.19. The van der Waals surface area contributed by atoms with E-state index in [2.05, 4.69) is 25.4 Å². The van der Waals surface area contributed by atoms with E-state index in [1.807, 2.05) is 17.5 Å². The number of nitrogens with zero attached hydrogens (tertiary/aromatic N) is 4. The topological polar surface area (TPSA) is 67.3 Å². The molecule has 78 valence electrons. The summed E-state index contributed by atoms with van der Waals surface area (Å²) < 4.78 is 0. The van der Waals surface area contributed by atoms with Crippen molar-refractivity contribution >= 4 is 11.3 Å². The van der Waals surface area contributed by atoms with Gasteiger partial charge in [0.25, 0.3) is 0 Å². The van der Waals surface area contributed by atoms with Crippen LogP contribution < -0.4 is 0 Å². The summed E-state index contributed by atoms with van der Waals surface area (Å²) in [6.45, 7) is 0. The van der Waals surface area contributed by atoms with Crippen molar-refractivity contribution in [3.05, 3.63) is 36.1 Å². The number of aromatic nitrogens is 5. The van der Waals surface area contributed by atoms with Gasteiger partial charge in [-0.2, -0.15) is 15.4 Å². The van der Waals surface area contributed by atoms with Crippen molar-refractivity contribution in [3.8, 4) is 22.0 Å². The Morgan fingerprint density at radius 2 is 2.19 bits per heavy atom. The minimum Gasteiger partial charge on any atom is -0.253 e. The van der Waals surface area contributed by atoms with Crippen LogP contribution in [0, 0.1) is 0 Å². The summed E-state index contributed by atoms with van der Waals surface area (Å²) in [4.78, 5) is 8.60. The first-order valence-corrected chi connectivity index (χ1v) is 5.54. The second kappa shape index (κ2) is 3.82. The Morgan fingerprint density at radius 1 is 1.19 bits per heavy atom. The van der Waals surface area contributed by atoms with Crippen molar-refractivity contribution in [3.63, 3.8) is 0 Å². The molecular weight excluding hydrogens is 222 g/mol. The van der Waals surface area contributed by atoms with E-state index >= 15 is 0 Å². The molecule has 0 aromatic carbocycles. The molecule has 3 heterocycles. The molecule has 0 amide bonds. The summed E-state index contributed by atoms with van der Waals surface area (Å²) in [6, 6.07) is 3.84. The second-order valence-electron chi connectivity index (χ2n) is 3.09. The van der Waals surface area contributed by atoms with Crippen LogP contribution in [0.5, 0.6) is 0 Å². The van der Waals surface area contributed by atoms with Crippen molar-refractivity contribution in [2.75, 3.05) is 0 Å². The van der Waals surface area contributed by atoms with Crippen LogP contribution in [0.3, 0.4) is 0 Å². The van der Waals surface area contributed by atoms with Crippen LogP contribution in [0.15, 0.2) is 36.1 Å². The molecule has 0 atom stereocenters. The van der Waals surface area contributed by atoms with E-state index < -0.39 is 0 Å². The molecule has 0 unspecified atom stereocenters. The zero-order chi connectivity index (χ0) is 10.8. The molecule has 16 heavy (non-hydrogen) atoms. The fourth-order valence-corrected chi connectivity index (χ4v) is 2.10. The summed E-state index contributed by atoms with van der Waals surface area (Å²) in [7, 11) is 0. The van der Waals surface area contributed by atoms with Crippen molar-refractivity contribution in [1.29, 1.82) is 0 Å². The quantitative estimate of drug-likeness (QED) is 0.729. The monoisotopic (exact) mass is 229 g/mol. The normalized spacial score (nSPS) is 10.5. The van der Waals surface area contributed by atoms with Crippen LogP contribution in [0.25, 0.3) is 22.0 Å². The highest BCUT2D eigenvalue weighted by Crippen LogP contribution is 2.29. The fraction of sp³-hybridized carbons (Fsp3) is 0. The number of nitrogens with one attached hydrogen (secondary N) is 1. The van der Waals surface area contributed by atoms with E-state index in [0.29, 0.717) is 0 Å². The van der Waals surface area contributed by atoms with Crippen molar-refractivity contribution in [1.82, 2.24) is 25.4 Å². The Balaban J connectivity index is 2.19. The third-order valence-corrected chi connectivity index (χ3v) is 2.91. The minimum absolute atomic E-state index is 0.776. The Hall–Kier alpha value is -2.08. The lowest BCUT2D eigenvalue weighted by atomic mass is 10.1. The Kier molecular flexibility index (Phi) is 2.19. The van der Waals surface area contributed by atoms with Crippen molar-refractivity contribution in [2.45, 2.75) is 0 Å². The van der Waals surface area contributed by atoms with Crippen LogP contribution in [0.4, 0.5) is 0 Å². The molecule has 0 spiro atoms. The number of hydrogen-bond acceptors (Lipinski definition) is 5. The van der Waals surface area contributed by atoms with Gasteiger partial charge in [-0.25, -0.2) is 4.98 Å². The number of rotatable bonds is 2. The van der Waals surface area contributed by atoms with Gasteiger partial charge in [0.2, 0.25) is 0 Å². The van der Waals surface area contributed by atoms with E-state index in [1.54, 1.807) is 29.9 Å². The largest absolute Gasteiger partial charge is 0.253 e. The minimum atomic E-state index is 0.776. The van der Waals surface area contributed by atoms with Gasteiger partial charge in [-0.1, -0.05) is 0 Å². The highest BCUT2D eigenvalue weighted by Gasteiger charge is 2.11. The average molecular weight is 229 g/mol. The Morgan fingerprint density at radius 3 is 2.94 bits per heavy atom. The smallest absolute Gasteiger partial charge is 0.142 e. The Labute approximate surface area is 95.2 Å². The van der Waals surface area contributed by atoms with E-state index in [1.165, 1.54) is 0 Å². The van der Waals surface area contributed by atoms with Crippen LogP contribution in [0.1, 0.15) is 0 Å². The maximum atomic E-state index is 4.34. The molecule has 1 N–H and O–H groups in total. The third kappa shape index (κ3) is 1.49. The maximum absolute atomic E-state index is 4.34.